The topological polar surface area (TPSA) is 43.6 Å². The van der Waals surface area contributed by atoms with Crippen LogP contribution >= 0.6 is 0 Å². The van der Waals surface area contributed by atoms with E-state index in [4.69, 9.17) is 9.97 Å². The number of imidazole rings is 1. The number of hydrogen-bond acceptors (Lipinski definition) is 3. The molecule has 28 heavy (non-hydrogen) atoms. The molecule has 4 nitrogen and oxygen atoms in total. The molecule has 5 aromatic rings. The fourth-order valence-corrected chi connectivity index (χ4v) is 3.49. The van der Waals surface area contributed by atoms with Crippen LogP contribution in [0.5, 0.6) is 0 Å². The third kappa shape index (κ3) is 2.85. The predicted molar refractivity (Wildman–Crippen MR) is 112 cm³/mol. The SMILES string of the molecule is Cc1nc2ccc(-c3ccccc3)nc2n1-c1cccc(-c2ccccn2)c1. The lowest BCUT2D eigenvalue weighted by molar-refractivity contribution is 0.988. The van der Waals surface area contributed by atoms with Crippen molar-refractivity contribution < 1.29 is 0 Å². The van der Waals surface area contributed by atoms with Gasteiger partial charge in [0.2, 0.25) is 0 Å². The van der Waals surface area contributed by atoms with Crippen molar-refractivity contribution in [2.24, 2.45) is 0 Å². The summed E-state index contributed by atoms with van der Waals surface area (Å²) < 4.78 is 2.11. The van der Waals surface area contributed by atoms with Crippen molar-refractivity contribution in [1.29, 1.82) is 0 Å². The standard InChI is InChI=1S/C24H18N4/c1-17-26-23-14-13-22(18-8-3-2-4-9-18)27-24(23)28(17)20-11-7-10-19(16-20)21-12-5-6-15-25-21/h2-16H,1H3. The molecular weight excluding hydrogens is 344 g/mol. The van der Waals surface area contributed by atoms with E-state index in [-0.39, 0.29) is 0 Å². The van der Waals surface area contributed by atoms with Gasteiger partial charge in [-0.1, -0.05) is 48.5 Å². The highest BCUT2D eigenvalue weighted by molar-refractivity contribution is 5.78. The van der Waals surface area contributed by atoms with Crippen LogP contribution in [0.4, 0.5) is 0 Å². The molecule has 0 saturated heterocycles. The minimum Gasteiger partial charge on any atom is -0.281 e. The van der Waals surface area contributed by atoms with Crippen LogP contribution < -0.4 is 0 Å². The van der Waals surface area contributed by atoms with Crippen LogP contribution in [0.3, 0.4) is 0 Å². The number of benzene rings is 2. The fourth-order valence-electron chi connectivity index (χ4n) is 3.49. The van der Waals surface area contributed by atoms with Crippen LogP contribution in [0.25, 0.3) is 39.4 Å². The predicted octanol–water partition coefficient (Wildman–Crippen LogP) is 5.46. The average molecular weight is 362 g/mol. The minimum absolute atomic E-state index is 0.858. The monoisotopic (exact) mass is 362 g/mol. The fraction of sp³-hybridized carbons (Fsp3) is 0.0417. The van der Waals surface area contributed by atoms with E-state index in [9.17, 15) is 0 Å². The zero-order chi connectivity index (χ0) is 18.9. The normalized spacial score (nSPS) is 11.0. The molecule has 3 aromatic heterocycles. The largest absolute Gasteiger partial charge is 0.281 e. The molecule has 0 aliphatic heterocycles. The summed E-state index contributed by atoms with van der Waals surface area (Å²) in [4.78, 5) is 14.1. The van der Waals surface area contributed by atoms with E-state index >= 15 is 0 Å². The van der Waals surface area contributed by atoms with Crippen molar-refractivity contribution >= 4 is 11.2 Å². The highest BCUT2D eigenvalue weighted by Crippen LogP contribution is 2.26. The van der Waals surface area contributed by atoms with E-state index in [1.54, 1.807) is 0 Å². The maximum Gasteiger partial charge on any atom is 0.165 e. The van der Waals surface area contributed by atoms with Crippen LogP contribution in [-0.2, 0) is 0 Å². The highest BCUT2D eigenvalue weighted by atomic mass is 15.1. The van der Waals surface area contributed by atoms with Gasteiger partial charge in [0.25, 0.3) is 0 Å². The summed E-state index contributed by atoms with van der Waals surface area (Å²) in [6.45, 7) is 2.01. The molecule has 0 amide bonds. The number of pyridine rings is 2. The first-order chi connectivity index (χ1) is 13.8. The van der Waals surface area contributed by atoms with E-state index in [1.807, 2.05) is 67.7 Å². The van der Waals surface area contributed by atoms with Crippen molar-refractivity contribution in [2.75, 3.05) is 0 Å². The lowest BCUT2D eigenvalue weighted by Gasteiger charge is -2.09. The molecule has 0 N–H and O–H groups in total. The van der Waals surface area contributed by atoms with Crippen molar-refractivity contribution in [3.05, 3.63) is 97.0 Å². The summed E-state index contributed by atoms with van der Waals surface area (Å²) in [5.41, 5.74) is 6.83. The molecule has 0 spiro atoms. The van der Waals surface area contributed by atoms with Gasteiger partial charge in [0.1, 0.15) is 11.3 Å². The molecule has 4 heteroatoms. The first-order valence-electron chi connectivity index (χ1n) is 9.23. The summed E-state index contributed by atoms with van der Waals surface area (Å²) in [5.74, 6) is 0.908. The van der Waals surface area contributed by atoms with Crippen LogP contribution in [0, 0.1) is 6.92 Å². The van der Waals surface area contributed by atoms with Crippen molar-refractivity contribution in [1.82, 2.24) is 19.5 Å². The lowest BCUT2D eigenvalue weighted by atomic mass is 10.1. The Morgan fingerprint density at radius 2 is 1.50 bits per heavy atom. The lowest BCUT2D eigenvalue weighted by Crippen LogP contribution is -1.99. The van der Waals surface area contributed by atoms with E-state index in [2.05, 4.69) is 39.9 Å². The summed E-state index contributed by atoms with van der Waals surface area (Å²) >= 11 is 0. The van der Waals surface area contributed by atoms with Gasteiger partial charge in [0.15, 0.2) is 5.65 Å². The molecule has 0 aliphatic rings. The van der Waals surface area contributed by atoms with Crippen LogP contribution in [0.15, 0.2) is 91.1 Å². The molecule has 0 unspecified atom stereocenters. The first kappa shape index (κ1) is 16.4. The Labute approximate surface area is 163 Å². The van der Waals surface area contributed by atoms with Crippen LogP contribution in [0.2, 0.25) is 0 Å². The maximum absolute atomic E-state index is 4.93. The molecule has 0 saturated carbocycles. The van der Waals surface area contributed by atoms with Gasteiger partial charge in [0.05, 0.1) is 11.4 Å². The van der Waals surface area contributed by atoms with Gasteiger partial charge in [-0.15, -0.1) is 0 Å². The average Bonchev–Trinajstić information content (AvgIpc) is 3.10. The Morgan fingerprint density at radius 3 is 2.32 bits per heavy atom. The number of aryl methyl sites for hydroxylation is 1. The Balaban J connectivity index is 1.68. The minimum atomic E-state index is 0.858. The highest BCUT2D eigenvalue weighted by Gasteiger charge is 2.13. The van der Waals surface area contributed by atoms with Crippen LogP contribution in [-0.4, -0.2) is 19.5 Å². The Kier molecular flexibility index (Phi) is 3.95. The zero-order valence-corrected chi connectivity index (χ0v) is 15.4. The maximum atomic E-state index is 4.93. The quantitative estimate of drug-likeness (QED) is 0.428. The summed E-state index contributed by atoms with van der Waals surface area (Å²) in [5, 5.41) is 0. The van der Waals surface area contributed by atoms with Gasteiger partial charge >= 0.3 is 0 Å². The van der Waals surface area contributed by atoms with Gasteiger partial charge < -0.3 is 0 Å². The molecule has 0 fully saturated rings. The molecule has 0 aliphatic carbocycles. The number of aromatic nitrogens is 4. The summed E-state index contributed by atoms with van der Waals surface area (Å²) in [6, 6.07) is 28.6. The van der Waals surface area contributed by atoms with Crippen LogP contribution in [0.1, 0.15) is 5.82 Å². The smallest absolute Gasteiger partial charge is 0.165 e. The third-order valence-corrected chi connectivity index (χ3v) is 4.81. The third-order valence-electron chi connectivity index (χ3n) is 4.81. The molecule has 5 rings (SSSR count). The van der Waals surface area contributed by atoms with Gasteiger partial charge in [-0.05, 0) is 43.3 Å². The second-order valence-corrected chi connectivity index (χ2v) is 6.66. The molecule has 0 bridgehead atoms. The Morgan fingerprint density at radius 1 is 0.679 bits per heavy atom. The van der Waals surface area contributed by atoms with Crippen molar-refractivity contribution in [3.8, 4) is 28.2 Å². The van der Waals surface area contributed by atoms with Gasteiger partial charge in [-0.25, -0.2) is 9.97 Å². The van der Waals surface area contributed by atoms with E-state index in [1.165, 1.54) is 0 Å². The van der Waals surface area contributed by atoms with Crippen molar-refractivity contribution in [3.63, 3.8) is 0 Å². The second kappa shape index (κ2) is 6.74. The number of nitrogens with zero attached hydrogens (tertiary/aromatic N) is 4. The van der Waals surface area contributed by atoms with Gasteiger partial charge in [-0.2, -0.15) is 0 Å². The zero-order valence-electron chi connectivity index (χ0n) is 15.4. The van der Waals surface area contributed by atoms with E-state index in [0.29, 0.717) is 0 Å². The number of rotatable bonds is 3. The van der Waals surface area contributed by atoms with Gasteiger partial charge in [0, 0.05) is 23.0 Å². The Bertz CT molecular complexity index is 1260. The molecule has 2 aromatic carbocycles. The molecule has 0 radical (unpaired) electrons. The summed E-state index contributed by atoms with van der Waals surface area (Å²) in [7, 11) is 0. The number of fused-ring (bicyclic) bond motifs is 1. The summed E-state index contributed by atoms with van der Waals surface area (Å²) in [6.07, 6.45) is 1.81. The molecule has 3 heterocycles. The second-order valence-electron chi connectivity index (χ2n) is 6.66. The number of hydrogen-bond donors (Lipinski definition) is 0. The molecule has 134 valence electrons. The van der Waals surface area contributed by atoms with Gasteiger partial charge in [-0.3, -0.25) is 9.55 Å². The Hall–Kier alpha value is -3.79. The first-order valence-corrected chi connectivity index (χ1v) is 9.23. The van der Waals surface area contributed by atoms with E-state index in [0.717, 1.165) is 45.2 Å². The molecule has 0 atom stereocenters. The van der Waals surface area contributed by atoms with E-state index < -0.39 is 0 Å². The molecular formula is C24H18N4. The van der Waals surface area contributed by atoms with Crippen molar-refractivity contribution in [2.45, 2.75) is 6.92 Å².